The zero-order chi connectivity index (χ0) is 9.14. The van der Waals surface area contributed by atoms with Crippen LogP contribution in [-0.2, 0) is 0 Å². The van der Waals surface area contributed by atoms with Crippen molar-refractivity contribution in [2.45, 2.75) is 0 Å². The predicted molar refractivity (Wildman–Crippen MR) is 50.9 cm³/mol. The summed E-state index contributed by atoms with van der Waals surface area (Å²) in [6.07, 6.45) is 0. The minimum atomic E-state index is -0.616. The Balaban J connectivity index is 3.16. The van der Waals surface area contributed by atoms with Crippen molar-refractivity contribution in [1.29, 1.82) is 0 Å². The average molecular weight is 231 g/mol. The molecule has 0 heterocycles. The van der Waals surface area contributed by atoms with Crippen LogP contribution in [0.2, 0.25) is 0 Å². The molecule has 0 unspecified atom stereocenters. The molecule has 1 aromatic rings. The van der Waals surface area contributed by atoms with Crippen molar-refractivity contribution >= 4 is 21.5 Å². The molecule has 0 aromatic heterocycles. The predicted octanol–water partition coefficient (Wildman–Crippen LogP) is 2.94. The molecular weight excluding hydrogens is 223 g/mol. The molecule has 0 fully saturated rings. The quantitative estimate of drug-likeness (QED) is 0.776. The van der Waals surface area contributed by atoms with Gasteiger partial charge in [-0.2, -0.15) is 0 Å². The Morgan fingerprint density at radius 3 is 2.83 bits per heavy atom. The average Bonchev–Trinajstić information content (AvgIpc) is 2.08. The van der Waals surface area contributed by atoms with Crippen LogP contribution in [0.5, 0.6) is 5.75 Å². The SMILES string of the molecule is C=C(CBr)c1cccc(F)c1O. The van der Waals surface area contributed by atoms with E-state index in [0.29, 0.717) is 16.5 Å². The number of alkyl halides is 1. The Kier molecular flexibility index (Phi) is 2.87. The van der Waals surface area contributed by atoms with Crippen LogP contribution in [0.1, 0.15) is 5.56 Å². The molecule has 1 rings (SSSR count). The molecule has 64 valence electrons. The lowest BCUT2D eigenvalue weighted by molar-refractivity contribution is 0.431. The van der Waals surface area contributed by atoms with E-state index in [1.807, 2.05) is 0 Å². The standard InChI is InChI=1S/C9H8BrFO/c1-6(5-10)7-3-2-4-8(11)9(7)12/h2-4,12H,1,5H2. The van der Waals surface area contributed by atoms with Crippen LogP contribution < -0.4 is 0 Å². The molecule has 1 aromatic carbocycles. The fourth-order valence-corrected chi connectivity index (χ4v) is 1.17. The third kappa shape index (κ3) is 1.67. The van der Waals surface area contributed by atoms with Gasteiger partial charge in [0.15, 0.2) is 11.6 Å². The van der Waals surface area contributed by atoms with Crippen LogP contribution >= 0.6 is 15.9 Å². The highest BCUT2D eigenvalue weighted by molar-refractivity contribution is 9.09. The van der Waals surface area contributed by atoms with Crippen molar-refractivity contribution in [1.82, 2.24) is 0 Å². The summed E-state index contributed by atoms with van der Waals surface area (Å²) in [4.78, 5) is 0. The van der Waals surface area contributed by atoms with E-state index < -0.39 is 5.82 Å². The highest BCUT2D eigenvalue weighted by Crippen LogP contribution is 2.27. The first kappa shape index (κ1) is 9.26. The van der Waals surface area contributed by atoms with Crippen molar-refractivity contribution < 1.29 is 9.50 Å². The maximum atomic E-state index is 12.8. The third-order valence-electron chi connectivity index (χ3n) is 1.53. The minimum Gasteiger partial charge on any atom is -0.504 e. The molecule has 0 spiro atoms. The van der Waals surface area contributed by atoms with Crippen molar-refractivity contribution in [3.05, 3.63) is 36.2 Å². The Bertz CT molecular complexity index is 309. The monoisotopic (exact) mass is 230 g/mol. The van der Waals surface area contributed by atoms with Gasteiger partial charge in [0.25, 0.3) is 0 Å². The summed E-state index contributed by atoms with van der Waals surface area (Å²) >= 11 is 3.18. The Morgan fingerprint density at radius 1 is 1.58 bits per heavy atom. The van der Waals surface area contributed by atoms with E-state index in [2.05, 4.69) is 22.5 Å². The molecule has 1 nitrogen and oxygen atoms in total. The van der Waals surface area contributed by atoms with Crippen LogP contribution in [0.25, 0.3) is 5.57 Å². The van der Waals surface area contributed by atoms with E-state index in [0.717, 1.165) is 0 Å². The lowest BCUT2D eigenvalue weighted by atomic mass is 10.1. The molecule has 0 aliphatic carbocycles. The summed E-state index contributed by atoms with van der Waals surface area (Å²) in [5, 5.41) is 9.76. The first-order valence-electron chi connectivity index (χ1n) is 3.38. The third-order valence-corrected chi connectivity index (χ3v) is 2.21. The van der Waals surface area contributed by atoms with Crippen molar-refractivity contribution in [3.63, 3.8) is 0 Å². The van der Waals surface area contributed by atoms with E-state index in [1.165, 1.54) is 12.1 Å². The van der Waals surface area contributed by atoms with Crippen LogP contribution in [0.3, 0.4) is 0 Å². The van der Waals surface area contributed by atoms with Gasteiger partial charge in [-0.1, -0.05) is 34.6 Å². The lowest BCUT2D eigenvalue weighted by Crippen LogP contribution is -1.87. The maximum absolute atomic E-state index is 12.8. The van der Waals surface area contributed by atoms with E-state index >= 15 is 0 Å². The number of phenols is 1. The first-order chi connectivity index (χ1) is 5.66. The number of allylic oxidation sites excluding steroid dienone is 1. The molecule has 0 radical (unpaired) electrons. The highest BCUT2D eigenvalue weighted by atomic mass is 79.9. The normalized spacial score (nSPS) is 9.83. The molecule has 0 aliphatic rings. The molecular formula is C9H8BrFO. The minimum absolute atomic E-state index is 0.332. The van der Waals surface area contributed by atoms with E-state index in [1.54, 1.807) is 6.07 Å². The zero-order valence-electron chi connectivity index (χ0n) is 6.35. The second kappa shape index (κ2) is 3.72. The Labute approximate surface area is 78.7 Å². The molecule has 0 atom stereocenters. The Morgan fingerprint density at radius 2 is 2.25 bits per heavy atom. The molecule has 0 saturated carbocycles. The molecule has 3 heteroatoms. The van der Waals surface area contributed by atoms with Gasteiger partial charge in [0, 0.05) is 10.9 Å². The number of benzene rings is 1. The van der Waals surface area contributed by atoms with Crippen LogP contribution in [0, 0.1) is 5.82 Å². The second-order valence-corrected chi connectivity index (χ2v) is 2.93. The van der Waals surface area contributed by atoms with Gasteiger partial charge in [-0.15, -0.1) is 0 Å². The molecule has 0 bridgehead atoms. The van der Waals surface area contributed by atoms with Gasteiger partial charge in [-0.05, 0) is 11.6 Å². The largest absolute Gasteiger partial charge is 0.504 e. The number of phenolic OH excluding ortho intramolecular Hbond substituents is 1. The number of rotatable bonds is 2. The van der Waals surface area contributed by atoms with Gasteiger partial charge in [0.05, 0.1) is 0 Å². The van der Waals surface area contributed by atoms with Gasteiger partial charge in [-0.25, -0.2) is 4.39 Å². The van der Waals surface area contributed by atoms with Gasteiger partial charge < -0.3 is 5.11 Å². The number of hydrogen-bond acceptors (Lipinski definition) is 1. The summed E-state index contributed by atoms with van der Waals surface area (Å²) in [7, 11) is 0. The first-order valence-corrected chi connectivity index (χ1v) is 4.50. The summed E-state index contributed by atoms with van der Waals surface area (Å²) in [6.45, 7) is 3.67. The van der Waals surface area contributed by atoms with Crippen LogP contribution in [0.15, 0.2) is 24.8 Å². The maximum Gasteiger partial charge on any atom is 0.165 e. The number of para-hydroxylation sites is 1. The zero-order valence-corrected chi connectivity index (χ0v) is 7.94. The molecule has 1 N–H and O–H groups in total. The second-order valence-electron chi connectivity index (χ2n) is 2.37. The molecule has 12 heavy (non-hydrogen) atoms. The highest BCUT2D eigenvalue weighted by Gasteiger charge is 2.07. The topological polar surface area (TPSA) is 20.2 Å². The van der Waals surface area contributed by atoms with Gasteiger partial charge >= 0.3 is 0 Å². The van der Waals surface area contributed by atoms with Gasteiger partial charge in [0.2, 0.25) is 0 Å². The fourth-order valence-electron chi connectivity index (χ4n) is 0.873. The number of aromatic hydroxyl groups is 1. The molecule has 0 aliphatic heterocycles. The summed E-state index contributed by atoms with van der Waals surface area (Å²) in [5.74, 6) is -0.948. The van der Waals surface area contributed by atoms with Crippen LogP contribution in [-0.4, -0.2) is 10.4 Å². The van der Waals surface area contributed by atoms with Crippen molar-refractivity contribution in [2.24, 2.45) is 0 Å². The molecule has 0 amide bonds. The summed E-state index contributed by atoms with van der Waals surface area (Å²) in [5.41, 5.74) is 1.11. The van der Waals surface area contributed by atoms with Gasteiger partial charge in [-0.3, -0.25) is 0 Å². The van der Waals surface area contributed by atoms with Crippen molar-refractivity contribution in [3.8, 4) is 5.75 Å². The smallest absolute Gasteiger partial charge is 0.165 e. The van der Waals surface area contributed by atoms with E-state index in [-0.39, 0.29) is 5.75 Å². The fraction of sp³-hybridized carbons (Fsp3) is 0.111. The number of halogens is 2. The van der Waals surface area contributed by atoms with Crippen molar-refractivity contribution in [2.75, 3.05) is 5.33 Å². The molecule has 0 saturated heterocycles. The summed E-state index contributed by atoms with van der Waals surface area (Å²) in [6, 6.07) is 4.38. The summed E-state index contributed by atoms with van der Waals surface area (Å²) < 4.78 is 12.8. The lowest BCUT2D eigenvalue weighted by Gasteiger charge is -2.04. The number of hydrogen-bond donors (Lipinski definition) is 1. The Hall–Kier alpha value is -0.830. The van der Waals surface area contributed by atoms with E-state index in [9.17, 15) is 9.50 Å². The van der Waals surface area contributed by atoms with E-state index in [4.69, 9.17) is 0 Å². The van der Waals surface area contributed by atoms with Crippen LogP contribution in [0.4, 0.5) is 4.39 Å². The van der Waals surface area contributed by atoms with Gasteiger partial charge in [0.1, 0.15) is 0 Å².